The van der Waals surface area contributed by atoms with Gasteiger partial charge in [0.25, 0.3) is 0 Å². The number of aliphatic hydroxyl groups is 1. The second-order valence-corrected chi connectivity index (χ2v) is 6.90. The molecule has 0 aromatic heterocycles. The van der Waals surface area contributed by atoms with Crippen LogP contribution in [-0.2, 0) is 0 Å². The van der Waals surface area contributed by atoms with E-state index in [9.17, 15) is 5.11 Å². The molecule has 0 aromatic carbocycles. The quantitative estimate of drug-likeness (QED) is 0.828. The average Bonchev–Trinajstić information content (AvgIpc) is 3.00. The number of nitrogens with zero attached hydrogens (tertiary/aromatic N) is 2. The van der Waals surface area contributed by atoms with Crippen molar-refractivity contribution < 1.29 is 5.11 Å². The zero-order valence-corrected chi connectivity index (χ0v) is 11.9. The maximum Gasteiger partial charge on any atom is 0.0564 e. The molecule has 1 unspecified atom stereocenters. The summed E-state index contributed by atoms with van der Waals surface area (Å²) < 4.78 is 0. The van der Waals surface area contributed by atoms with E-state index >= 15 is 0 Å². The summed E-state index contributed by atoms with van der Waals surface area (Å²) in [6.45, 7) is 9.48. The topological polar surface area (TPSA) is 26.7 Å². The van der Waals surface area contributed by atoms with Crippen LogP contribution in [0.25, 0.3) is 0 Å². The Morgan fingerprint density at radius 3 is 2.22 bits per heavy atom. The van der Waals surface area contributed by atoms with E-state index < -0.39 is 0 Å². The van der Waals surface area contributed by atoms with Crippen molar-refractivity contribution in [3.05, 3.63) is 0 Å². The number of hydrogen-bond donors (Lipinski definition) is 1. The van der Waals surface area contributed by atoms with Crippen molar-refractivity contribution in [1.82, 2.24) is 9.80 Å². The Balaban J connectivity index is 1.62. The molecular weight excluding hydrogens is 224 g/mol. The fourth-order valence-electron chi connectivity index (χ4n) is 4.12. The lowest BCUT2D eigenvalue weighted by Crippen LogP contribution is -2.49. The maximum absolute atomic E-state index is 9.66. The molecule has 2 aliphatic heterocycles. The van der Waals surface area contributed by atoms with Crippen LogP contribution in [0.5, 0.6) is 0 Å². The molecule has 3 nitrogen and oxygen atoms in total. The van der Waals surface area contributed by atoms with Gasteiger partial charge in [0, 0.05) is 31.2 Å². The second-order valence-electron chi connectivity index (χ2n) is 6.90. The Hall–Kier alpha value is -0.120. The molecular formula is C15H28N2O. The number of aliphatic hydroxyl groups excluding tert-OH is 1. The summed E-state index contributed by atoms with van der Waals surface area (Å²) in [5.74, 6) is 0.884. The lowest BCUT2D eigenvalue weighted by molar-refractivity contribution is 0.0335. The Bertz CT molecular complexity index is 293. The van der Waals surface area contributed by atoms with E-state index in [1.807, 2.05) is 0 Å². The smallest absolute Gasteiger partial charge is 0.0564 e. The minimum absolute atomic E-state index is 0.0345. The molecule has 1 atom stereocenters. The highest BCUT2D eigenvalue weighted by Crippen LogP contribution is 2.51. The molecule has 3 rings (SSSR count). The molecule has 0 aromatic rings. The van der Waals surface area contributed by atoms with Gasteiger partial charge < -0.3 is 10.0 Å². The van der Waals surface area contributed by atoms with Crippen molar-refractivity contribution in [2.24, 2.45) is 5.92 Å². The Labute approximate surface area is 111 Å². The van der Waals surface area contributed by atoms with Crippen LogP contribution in [0.2, 0.25) is 0 Å². The third-order valence-electron chi connectivity index (χ3n) is 5.57. The van der Waals surface area contributed by atoms with E-state index in [1.165, 1.54) is 32.4 Å². The van der Waals surface area contributed by atoms with E-state index in [4.69, 9.17) is 0 Å². The monoisotopic (exact) mass is 252 g/mol. The van der Waals surface area contributed by atoms with Crippen molar-refractivity contribution in [2.45, 2.75) is 63.6 Å². The highest BCUT2D eigenvalue weighted by molar-refractivity contribution is 5.11. The summed E-state index contributed by atoms with van der Waals surface area (Å²) >= 11 is 0. The van der Waals surface area contributed by atoms with Crippen LogP contribution in [0.3, 0.4) is 0 Å². The zero-order valence-electron chi connectivity index (χ0n) is 11.9. The second kappa shape index (κ2) is 4.77. The van der Waals surface area contributed by atoms with Gasteiger partial charge in [0.2, 0.25) is 0 Å². The van der Waals surface area contributed by atoms with Gasteiger partial charge in [0.1, 0.15) is 0 Å². The number of rotatable bonds is 3. The van der Waals surface area contributed by atoms with Gasteiger partial charge in [-0.15, -0.1) is 0 Å². The molecule has 18 heavy (non-hydrogen) atoms. The summed E-state index contributed by atoms with van der Waals surface area (Å²) in [5.41, 5.74) is 0.532. The van der Waals surface area contributed by atoms with Crippen LogP contribution in [-0.4, -0.2) is 58.8 Å². The predicted molar refractivity (Wildman–Crippen MR) is 73.6 cm³/mol. The van der Waals surface area contributed by atoms with Crippen LogP contribution in [0.15, 0.2) is 0 Å². The Morgan fingerprint density at radius 2 is 1.72 bits per heavy atom. The minimum atomic E-state index is -0.0345. The standard InChI is InChI=1S/C15H28N2O/c1-12(2)16-8-3-13(11-16)15(6-7-15)17-9-4-14(18)5-10-17/h12-14,18H,3-11H2,1-2H3. The summed E-state index contributed by atoms with van der Waals surface area (Å²) in [5, 5.41) is 9.66. The molecule has 0 amide bonds. The van der Waals surface area contributed by atoms with Crippen LogP contribution in [0.1, 0.15) is 46.0 Å². The van der Waals surface area contributed by atoms with E-state index in [2.05, 4.69) is 23.6 Å². The zero-order chi connectivity index (χ0) is 12.8. The van der Waals surface area contributed by atoms with Gasteiger partial charge in [-0.05, 0) is 58.4 Å². The fourth-order valence-corrected chi connectivity index (χ4v) is 4.12. The highest BCUT2D eigenvalue weighted by Gasteiger charge is 2.55. The fraction of sp³-hybridized carbons (Fsp3) is 1.00. The summed E-state index contributed by atoms with van der Waals surface area (Å²) in [7, 11) is 0. The molecule has 3 fully saturated rings. The van der Waals surface area contributed by atoms with E-state index in [-0.39, 0.29) is 6.10 Å². The van der Waals surface area contributed by atoms with Crippen molar-refractivity contribution in [1.29, 1.82) is 0 Å². The summed E-state index contributed by atoms with van der Waals surface area (Å²) in [6, 6.07) is 0.703. The predicted octanol–water partition coefficient (Wildman–Crippen LogP) is 1.71. The van der Waals surface area contributed by atoms with Crippen LogP contribution >= 0.6 is 0 Å². The molecule has 1 aliphatic carbocycles. The molecule has 3 heteroatoms. The summed E-state index contributed by atoms with van der Waals surface area (Å²) in [6.07, 6.45) is 6.13. The molecule has 3 aliphatic rings. The molecule has 1 N–H and O–H groups in total. The number of hydrogen-bond acceptors (Lipinski definition) is 3. The van der Waals surface area contributed by atoms with E-state index in [0.717, 1.165) is 31.8 Å². The van der Waals surface area contributed by atoms with Crippen molar-refractivity contribution in [3.8, 4) is 0 Å². The maximum atomic E-state index is 9.66. The third-order valence-corrected chi connectivity index (χ3v) is 5.57. The molecule has 1 saturated carbocycles. The molecule has 0 spiro atoms. The van der Waals surface area contributed by atoms with Gasteiger partial charge >= 0.3 is 0 Å². The van der Waals surface area contributed by atoms with Crippen LogP contribution in [0.4, 0.5) is 0 Å². The molecule has 0 bridgehead atoms. The Kier molecular flexibility index (Phi) is 3.41. The number of likely N-dealkylation sites (tertiary alicyclic amines) is 2. The van der Waals surface area contributed by atoms with Gasteiger partial charge in [-0.3, -0.25) is 4.90 Å². The number of piperidine rings is 1. The van der Waals surface area contributed by atoms with Crippen molar-refractivity contribution in [3.63, 3.8) is 0 Å². The van der Waals surface area contributed by atoms with E-state index in [0.29, 0.717) is 11.6 Å². The molecule has 2 heterocycles. The van der Waals surface area contributed by atoms with Crippen molar-refractivity contribution >= 4 is 0 Å². The first kappa shape index (κ1) is 12.9. The lowest BCUT2D eigenvalue weighted by Gasteiger charge is -2.40. The van der Waals surface area contributed by atoms with Crippen LogP contribution < -0.4 is 0 Å². The summed E-state index contributed by atoms with van der Waals surface area (Å²) in [4.78, 5) is 5.36. The first-order valence-electron chi connectivity index (χ1n) is 7.79. The Morgan fingerprint density at radius 1 is 1.06 bits per heavy atom. The van der Waals surface area contributed by atoms with Gasteiger partial charge in [-0.2, -0.15) is 0 Å². The van der Waals surface area contributed by atoms with Crippen molar-refractivity contribution in [2.75, 3.05) is 26.2 Å². The first-order valence-corrected chi connectivity index (χ1v) is 7.79. The van der Waals surface area contributed by atoms with E-state index in [1.54, 1.807) is 0 Å². The average molecular weight is 252 g/mol. The van der Waals surface area contributed by atoms with Gasteiger partial charge in [0.05, 0.1) is 6.10 Å². The van der Waals surface area contributed by atoms with Gasteiger partial charge in [-0.1, -0.05) is 0 Å². The largest absolute Gasteiger partial charge is 0.393 e. The molecule has 0 radical (unpaired) electrons. The SMILES string of the molecule is CC(C)N1CCC(C2(N3CCC(O)CC3)CC2)C1. The van der Waals surface area contributed by atoms with Gasteiger partial charge in [-0.25, -0.2) is 0 Å². The van der Waals surface area contributed by atoms with Crippen LogP contribution in [0, 0.1) is 5.92 Å². The molecule has 104 valence electrons. The normalized spacial score (nSPS) is 34.3. The minimum Gasteiger partial charge on any atom is -0.393 e. The first-order chi connectivity index (χ1) is 8.62. The third kappa shape index (κ3) is 2.21. The highest BCUT2D eigenvalue weighted by atomic mass is 16.3. The van der Waals surface area contributed by atoms with Gasteiger partial charge in [0.15, 0.2) is 0 Å². The lowest BCUT2D eigenvalue weighted by atomic mass is 9.92. The molecule has 2 saturated heterocycles.